The molecule has 4 heteroatoms. The maximum Gasteiger partial charge on any atom is 0.306 e. The highest BCUT2D eigenvalue weighted by Gasteiger charge is 2.16. The molecule has 0 bridgehead atoms. The van der Waals surface area contributed by atoms with E-state index in [1.54, 1.807) is 0 Å². The van der Waals surface area contributed by atoms with Gasteiger partial charge in [0.2, 0.25) is 0 Å². The molecule has 0 heterocycles. The first kappa shape index (κ1) is 46.7. The lowest BCUT2D eigenvalue weighted by molar-refractivity contribution is -0.151. The van der Waals surface area contributed by atoms with Crippen LogP contribution in [0, 0.1) is 0 Å². The fourth-order valence-electron chi connectivity index (χ4n) is 6.76. The van der Waals surface area contributed by atoms with Crippen LogP contribution in [0.25, 0.3) is 0 Å². The summed E-state index contributed by atoms with van der Waals surface area (Å²) < 4.78 is 5.76. The molecule has 0 saturated heterocycles. The van der Waals surface area contributed by atoms with Gasteiger partial charge >= 0.3 is 11.9 Å². The van der Waals surface area contributed by atoms with Crippen molar-refractivity contribution < 1.29 is 19.4 Å². The molecule has 0 radical (unpaired) electrons. The van der Waals surface area contributed by atoms with Crippen molar-refractivity contribution in [2.75, 3.05) is 0 Å². The highest BCUT2D eigenvalue weighted by Crippen LogP contribution is 2.18. The molecular formula is C44H84O4. The number of unbranched alkanes of at least 4 members (excludes halogenated alkanes) is 30. The third kappa shape index (κ3) is 39.1. The van der Waals surface area contributed by atoms with E-state index in [-0.39, 0.29) is 18.5 Å². The Morgan fingerprint density at radius 1 is 0.438 bits per heavy atom. The van der Waals surface area contributed by atoms with E-state index in [1.165, 1.54) is 186 Å². The first-order chi connectivity index (χ1) is 23.6. The van der Waals surface area contributed by atoms with Crippen LogP contribution in [-0.2, 0) is 14.3 Å². The molecule has 0 aliphatic heterocycles. The van der Waals surface area contributed by atoms with Crippen molar-refractivity contribution in [2.45, 2.75) is 258 Å². The van der Waals surface area contributed by atoms with Gasteiger partial charge in [-0.05, 0) is 51.4 Å². The lowest BCUT2D eigenvalue weighted by atomic mass is 10.0. The highest BCUT2D eigenvalue weighted by molar-refractivity contribution is 5.69. The summed E-state index contributed by atoms with van der Waals surface area (Å²) in [5, 5.41) is 9.14. The minimum absolute atomic E-state index is 0.0761. The average molecular weight is 677 g/mol. The molecule has 0 spiro atoms. The molecule has 0 aromatic rings. The Morgan fingerprint density at radius 2 is 0.771 bits per heavy atom. The molecule has 0 aromatic carbocycles. The Hall–Kier alpha value is -1.32. The van der Waals surface area contributed by atoms with Crippen LogP contribution in [0.15, 0.2) is 12.2 Å². The molecule has 0 amide bonds. The second-order valence-electron chi connectivity index (χ2n) is 14.9. The van der Waals surface area contributed by atoms with E-state index in [4.69, 9.17) is 9.84 Å². The summed E-state index contributed by atoms with van der Waals surface area (Å²) in [5.41, 5.74) is 0. The standard InChI is InChI=1S/C44H84O4/c1-3-5-7-9-11-13-15-17-19-21-22-23-25-27-29-31-33-35-37-39-44(47)48-42(40-41-43(45)46)38-36-34-32-30-28-26-24-20-18-16-14-12-10-8-6-4-2/h17,19,42H,3-16,18,20-41H2,1-2H3,(H,45,46)/b19-17-. The van der Waals surface area contributed by atoms with Gasteiger partial charge in [-0.2, -0.15) is 0 Å². The molecule has 4 nitrogen and oxygen atoms in total. The summed E-state index contributed by atoms with van der Waals surface area (Å²) in [6.45, 7) is 4.56. The number of allylic oxidation sites excluding steroid dienone is 2. The number of carboxylic acid groups (broad SMARTS) is 1. The first-order valence-corrected chi connectivity index (χ1v) is 21.7. The van der Waals surface area contributed by atoms with E-state index in [9.17, 15) is 9.59 Å². The van der Waals surface area contributed by atoms with Gasteiger partial charge in [0.1, 0.15) is 6.10 Å². The Balaban J connectivity index is 3.66. The average Bonchev–Trinajstić information content (AvgIpc) is 3.07. The molecule has 0 rings (SSSR count). The van der Waals surface area contributed by atoms with Gasteiger partial charge in [0.05, 0.1) is 0 Å². The van der Waals surface area contributed by atoms with E-state index in [0.29, 0.717) is 12.8 Å². The summed E-state index contributed by atoms with van der Waals surface area (Å²) in [5.74, 6) is -0.943. The Bertz CT molecular complexity index is 687. The fourth-order valence-corrected chi connectivity index (χ4v) is 6.76. The van der Waals surface area contributed by atoms with Crippen LogP contribution in [0.4, 0.5) is 0 Å². The van der Waals surface area contributed by atoms with Gasteiger partial charge < -0.3 is 9.84 Å². The molecule has 0 saturated carbocycles. The van der Waals surface area contributed by atoms with Crippen molar-refractivity contribution in [1.82, 2.24) is 0 Å². The van der Waals surface area contributed by atoms with Crippen molar-refractivity contribution in [1.29, 1.82) is 0 Å². The van der Waals surface area contributed by atoms with Crippen LogP contribution in [0.3, 0.4) is 0 Å². The van der Waals surface area contributed by atoms with Crippen LogP contribution in [0.1, 0.15) is 251 Å². The zero-order valence-corrected chi connectivity index (χ0v) is 32.6. The van der Waals surface area contributed by atoms with Gasteiger partial charge in [-0.1, -0.05) is 199 Å². The molecule has 284 valence electrons. The quantitative estimate of drug-likeness (QED) is 0.0398. The zero-order valence-electron chi connectivity index (χ0n) is 32.6. The maximum atomic E-state index is 12.5. The predicted octanol–water partition coefficient (Wildman–Crippen LogP) is 15.0. The van der Waals surface area contributed by atoms with Crippen LogP contribution in [0.2, 0.25) is 0 Å². The maximum absolute atomic E-state index is 12.5. The van der Waals surface area contributed by atoms with Crippen molar-refractivity contribution in [3.63, 3.8) is 0 Å². The molecule has 0 aliphatic carbocycles. The van der Waals surface area contributed by atoms with E-state index in [2.05, 4.69) is 26.0 Å². The lowest BCUT2D eigenvalue weighted by Gasteiger charge is -2.17. The number of carbonyl (C=O) groups is 2. The number of aliphatic carboxylic acids is 1. The number of ether oxygens (including phenoxy) is 1. The fraction of sp³-hybridized carbons (Fsp3) is 0.909. The first-order valence-electron chi connectivity index (χ1n) is 21.7. The molecule has 1 N–H and O–H groups in total. The molecular weight excluding hydrogens is 592 g/mol. The van der Waals surface area contributed by atoms with Crippen LogP contribution >= 0.6 is 0 Å². The van der Waals surface area contributed by atoms with Gasteiger partial charge in [0.25, 0.3) is 0 Å². The molecule has 48 heavy (non-hydrogen) atoms. The predicted molar refractivity (Wildman–Crippen MR) is 209 cm³/mol. The second-order valence-corrected chi connectivity index (χ2v) is 14.9. The van der Waals surface area contributed by atoms with Crippen LogP contribution in [0.5, 0.6) is 0 Å². The van der Waals surface area contributed by atoms with Crippen LogP contribution < -0.4 is 0 Å². The van der Waals surface area contributed by atoms with E-state index in [1.807, 2.05) is 0 Å². The number of carboxylic acids is 1. The van der Waals surface area contributed by atoms with Gasteiger partial charge in [0, 0.05) is 12.8 Å². The minimum atomic E-state index is -0.807. The van der Waals surface area contributed by atoms with Gasteiger partial charge in [-0.15, -0.1) is 0 Å². The molecule has 1 atom stereocenters. The van der Waals surface area contributed by atoms with E-state index in [0.717, 1.165) is 32.1 Å². The number of esters is 1. The monoisotopic (exact) mass is 677 g/mol. The van der Waals surface area contributed by atoms with Crippen molar-refractivity contribution in [3.05, 3.63) is 12.2 Å². The van der Waals surface area contributed by atoms with Crippen LogP contribution in [-0.4, -0.2) is 23.1 Å². The number of hydrogen-bond donors (Lipinski definition) is 1. The molecule has 1 unspecified atom stereocenters. The van der Waals surface area contributed by atoms with Gasteiger partial charge in [-0.25, -0.2) is 0 Å². The van der Waals surface area contributed by atoms with Gasteiger partial charge in [-0.3, -0.25) is 9.59 Å². The molecule has 0 aliphatic rings. The number of carbonyl (C=O) groups excluding carboxylic acids is 1. The highest BCUT2D eigenvalue weighted by atomic mass is 16.5. The van der Waals surface area contributed by atoms with Crippen molar-refractivity contribution in [2.24, 2.45) is 0 Å². The summed E-state index contributed by atoms with van der Waals surface area (Å²) in [6, 6.07) is 0. The Labute approximate surface area is 300 Å². The largest absolute Gasteiger partial charge is 0.481 e. The lowest BCUT2D eigenvalue weighted by Crippen LogP contribution is -2.19. The molecule has 0 fully saturated rings. The summed E-state index contributed by atoms with van der Waals surface area (Å²) in [7, 11) is 0. The summed E-state index contributed by atoms with van der Waals surface area (Å²) >= 11 is 0. The van der Waals surface area contributed by atoms with Gasteiger partial charge in [0.15, 0.2) is 0 Å². The van der Waals surface area contributed by atoms with Crippen molar-refractivity contribution in [3.8, 4) is 0 Å². The van der Waals surface area contributed by atoms with Crippen molar-refractivity contribution >= 4 is 11.9 Å². The van der Waals surface area contributed by atoms with E-state index >= 15 is 0 Å². The third-order valence-electron chi connectivity index (χ3n) is 10.0. The smallest absolute Gasteiger partial charge is 0.306 e. The Morgan fingerprint density at radius 3 is 1.15 bits per heavy atom. The zero-order chi connectivity index (χ0) is 35.0. The molecule has 0 aromatic heterocycles. The number of rotatable bonds is 40. The Kier molecular flexibility index (Phi) is 39.0. The third-order valence-corrected chi connectivity index (χ3v) is 10.0. The SMILES string of the molecule is CCCCCCCC/C=C\CCCCCCCCCCCC(=O)OC(CCCCCCCCCCCCCCCCCC)CCC(=O)O. The minimum Gasteiger partial charge on any atom is -0.481 e. The van der Waals surface area contributed by atoms with E-state index < -0.39 is 5.97 Å². The normalized spacial score (nSPS) is 12.2. The topological polar surface area (TPSA) is 63.6 Å². The second kappa shape index (κ2) is 40.1. The number of hydrogen-bond acceptors (Lipinski definition) is 3. The summed E-state index contributed by atoms with van der Waals surface area (Å²) in [4.78, 5) is 23.6. The summed E-state index contributed by atoms with van der Waals surface area (Å²) in [6.07, 6.45) is 49.5.